The van der Waals surface area contributed by atoms with Crippen molar-refractivity contribution in [2.24, 2.45) is 7.05 Å². The molecule has 0 saturated carbocycles. The molecule has 2 heterocycles. The average Bonchev–Trinajstić information content (AvgIpc) is 3.16. The number of rotatable bonds is 7. The van der Waals surface area contributed by atoms with E-state index in [4.69, 9.17) is 4.74 Å². The van der Waals surface area contributed by atoms with Gasteiger partial charge in [0.15, 0.2) is 5.75 Å². The van der Waals surface area contributed by atoms with Gasteiger partial charge in [0.1, 0.15) is 5.69 Å². The third-order valence-corrected chi connectivity index (χ3v) is 7.62. The maximum atomic E-state index is 13.6. The highest BCUT2D eigenvalue weighted by atomic mass is 32.2. The molecule has 0 atom stereocenters. The van der Waals surface area contributed by atoms with Crippen LogP contribution in [0.1, 0.15) is 55.2 Å². The summed E-state index contributed by atoms with van der Waals surface area (Å²) < 4.78 is 34.1. The highest BCUT2D eigenvalue weighted by Crippen LogP contribution is 2.39. The second kappa shape index (κ2) is 10.6. The number of amides is 1. The van der Waals surface area contributed by atoms with Gasteiger partial charge in [-0.1, -0.05) is 39.0 Å². The Balaban J connectivity index is 1.70. The number of hydrogen-bond acceptors (Lipinski definition) is 6. The Morgan fingerprint density at radius 3 is 2.39 bits per heavy atom. The van der Waals surface area contributed by atoms with E-state index in [1.807, 2.05) is 56.7 Å². The summed E-state index contributed by atoms with van der Waals surface area (Å²) in [6, 6.07) is 11.5. The number of nitrogens with one attached hydrogen (secondary N) is 2. The normalized spacial score (nSPS) is 15.6. The van der Waals surface area contributed by atoms with E-state index in [1.54, 1.807) is 6.07 Å². The molecule has 3 aromatic rings. The van der Waals surface area contributed by atoms with Crippen molar-refractivity contribution in [1.29, 1.82) is 0 Å². The molecular formula is C28H38N4O5S. The molecule has 1 aliphatic heterocycles. The second-order valence-electron chi connectivity index (χ2n) is 11.1. The van der Waals surface area contributed by atoms with Crippen molar-refractivity contribution >= 4 is 38.2 Å². The summed E-state index contributed by atoms with van der Waals surface area (Å²) >= 11 is 0. The summed E-state index contributed by atoms with van der Waals surface area (Å²) in [5.74, 6) is -0.0890. The van der Waals surface area contributed by atoms with E-state index in [1.165, 1.54) is 7.11 Å². The first-order chi connectivity index (χ1) is 17.8. The third kappa shape index (κ3) is 6.14. The van der Waals surface area contributed by atoms with Gasteiger partial charge in [0.05, 0.1) is 36.4 Å². The molecule has 10 heteroatoms. The summed E-state index contributed by atoms with van der Waals surface area (Å²) in [5.41, 5.74) is 3.76. The van der Waals surface area contributed by atoms with Crippen molar-refractivity contribution < 1.29 is 23.1 Å². The Labute approximate surface area is 224 Å². The lowest BCUT2D eigenvalue weighted by atomic mass is 9.86. The van der Waals surface area contributed by atoms with Gasteiger partial charge in [0, 0.05) is 32.1 Å². The fourth-order valence-electron chi connectivity index (χ4n) is 5.00. The van der Waals surface area contributed by atoms with E-state index in [0.717, 1.165) is 60.8 Å². The molecule has 206 valence electrons. The lowest BCUT2D eigenvalue weighted by molar-refractivity contribution is 0.0794. The minimum atomic E-state index is -3.58. The molecule has 1 aliphatic rings. The molecule has 4 rings (SSSR count). The van der Waals surface area contributed by atoms with Gasteiger partial charge in [-0.3, -0.25) is 14.4 Å². The Kier molecular flexibility index (Phi) is 7.79. The van der Waals surface area contributed by atoms with E-state index in [-0.39, 0.29) is 28.9 Å². The molecule has 0 spiro atoms. The van der Waals surface area contributed by atoms with Crippen molar-refractivity contribution in [1.82, 2.24) is 9.47 Å². The molecule has 0 bridgehead atoms. The molecule has 1 saturated heterocycles. The number of methoxy groups -OCH3 is 1. The van der Waals surface area contributed by atoms with Crippen LogP contribution in [0.25, 0.3) is 10.9 Å². The van der Waals surface area contributed by atoms with Gasteiger partial charge < -0.3 is 19.7 Å². The van der Waals surface area contributed by atoms with E-state index in [2.05, 4.69) is 21.0 Å². The van der Waals surface area contributed by atoms with E-state index >= 15 is 0 Å². The molecule has 0 radical (unpaired) electrons. The van der Waals surface area contributed by atoms with Crippen molar-refractivity contribution in [3.05, 3.63) is 53.2 Å². The Morgan fingerprint density at radius 2 is 1.79 bits per heavy atom. The summed E-state index contributed by atoms with van der Waals surface area (Å²) in [5, 5.41) is 13.8. The number of anilines is 2. The third-order valence-electron chi connectivity index (χ3n) is 7.03. The number of piperidine rings is 1. The number of benzene rings is 2. The van der Waals surface area contributed by atoms with Crippen LogP contribution in [0.5, 0.6) is 5.75 Å². The zero-order valence-electron chi connectivity index (χ0n) is 23.0. The van der Waals surface area contributed by atoms with E-state index in [9.17, 15) is 18.3 Å². The van der Waals surface area contributed by atoms with Crippen LogP contribution in [0, 0.1) is 0 Å². The lowest BCUT2D eigenvalue weighted by Crippen LogP contribution is -2.35. The zero-order valence-corrected chi connectivity index (χ0v) is 23.8. The van der Waals surface area contributed by atoms with Crippen LogP contribution in [0.2, 0.25) is 0 Å². The number of ether oxygens (including phenoxy) is 1. The number of nitrogens with zero attached hydrogens (tertiary/aromatic N) is 2. The summed E-state index contributed by atoms with van der Waals surface area (Å²) in [6.45, 7) is 8.45. The molecule has 1 fully saturated rings. The number of fused-ring (bicyclic) bond motifs is 1. The maximum Gasteiger partial charge on any atom is 0.272 e. The number of aliphatic hydroxyl groups excluding tert-OH is 1. The first-order valence-electron chi connectivity index (χ1n) is 12.8. The average molecular weight is 543 g/mol. The van der Waals surface area contributed by atoms with Gasteiger partial charge >= 0.3 is 0 Å². The standard InChI is InChI=1S/C28H38N4O5S/c1-28(2,3)20-15-22(26(37-5)23(16-20)30-38(6,35)36)29-27(34)24-14-18-8-7-9-19(25(18)31(24)4)17-32-12-10-21(33)11-13-32/h7-9,14-16,21,30,33H,10-13,17H2,1-6H3,(H,29,34). The second-order valence-corrected chi connectivity index (χ2v) is 12.9. The molecule has 1 aromatic heterocycles. The maximum absolute atomic E-state index is 13.6. The minimum absolute atomic E-state index is 0.227. The van der Waals surface area contributed by atoms with Crippen LogP contribution in [-0.4, -0.2) is 61.5 Å². The highest BCUT2D eigenvalue weighted by Gasteiger charge is 2.24. The molecule has 9 nitrogen and oxygen atoms in total. The van der Waals surface area contributed by atoms with E-state index in [0.29, 0.717) is 11.4 Å². The Morgan fingerprint density at radius 1 is 1.13 bits per heavy atom. The van der Waals surface area contributed by atoms with Crippen LogP contribution < -0.4 is 14.8 Å². The lowest BCUT2D eigenvalue weighted by Gasteiger charge is -2.29. The summed E-state index contributed by atoms with van der Waals surface area (Å²) in [7, 11) is -0.261. The van der Waals surface area contributed by atoms with Gasteiger partial charge in [-0.25, -0.2) is 8.42 Å². The van der Waals surface area contributed by atoms with Crippen molar-refractivity contribution in [3.8, 4) is 5.75 Å². The minimum Gasteiger partial charge on any atom is -0.492 e. The molecule has 1 amide bonds. The summed E-state index contributed by atoms with van der Waals surface area (Å²) in [6.07, 6.45) is 2.38. The number of aryl methyl sites for hydroxylation is 1. The first kappa shape index (κ1) is 27.9. The SMILES string of the molecule is COc1c(NC(=O)c2cc3cccc(CN4CCC(O)CC4)c3n2C)cc(C(C)(C)C)cc1NS(C)(=O)=O. The van der Waals surface area contributed by atoms with Gasteiger partial charge in [-0.05, 0) is 47.6 Å². The number of hydrogen-bond donors (Lipinski definition) is 3. The number of aromatic nitrogens is 1. The Bertz CT molecular complexity index is 1450. The van der Waals surface area contributed by atoms with Crippen LogP contribution in [-0.2, 0) is 29.0 Å². The van der Waals surface area contributed by atoms with Crippen molar-refractivity contribution in [2.45, 2.75) is 51.7 Å². The number of para-hydroxylation sites is 1. The van der Waals surface area contributed by atoms with Crippen LogP contribution in [0.15, 0.2) is 36.4 Å². The first-order valence-corrected chi connectivity index (χ1v) is 14.7. The monoisotopic (exact) mass is 542 g/mol. The van der Waals surface area contributed by atoms with Gasteiger partial charge in [0.25, 0.3) is 5.91 Å². The largest absolute Gasteiger partial charge is 0.492 e. The summed E-state index contributed by atoms with van der Waals surface area (Å²) in [4.78, 5) is 15.9. The fraction of sp³-hybridized carbons (Fsp3) is 0.464. The molecule has 0 aliphatic carbocycles. The number of sulfonamides is 1. The fourth-order valence-corrected chi connectivity index (χ4v) is 5.55. The quantitative estimate of drug-likeness (QED) is 0.415. The molecular weight excluding hydrogens is 504 g/mol. The predicted molar refractivity (Wildman–Crippen MR) is 152 cm³/mol. The van der Waals surface area contributed by atoms with Gasteiger partial charge in [-0.15, -0.1) is 0 Å². The Hall–Kier alpha value is -3.08. The van der Waals surface area contributed by atoms with Gasteiger partial charge in [-0.2, -0.15) is 0 Å². The van der Waals surface area contributed by atoms with Gasteiger partial charge in [0.2, 0.25) is 10.0 Å². The molecule has 38 heavy (non-hydrogen) atoms. The van der Waals surface area contributed by atoms with Crippen LogP contribution >= 0.6 is 0 Å². The van der Waals surface area contributed by atoms with Crippen molar-refractivity contribution in [2.75, 3.05) is 36.5 Å². The number of carbonyl (C=O) groups excluding carboxylic acids is 1. The number of likely N-dealkylation sites (tertiary alicyclic amines) is 1. The van der Waals surface area contributed by atoms with Crippen LogP contribution in [0.3, 0.4) is 0 Å². The number of carbonyl (C=O) groups is 1. The molecule has 3 N–H and O–H groups in total. The van der Waals surface area contributed by atoms with Crippen LogP contribution in [0.4, 0.5) is 11.4 Å². The number of aliphatic hydroxyl groups is 1. The van der Waals surface area contributed by atoms with Crippen molar-refractivity contribution in [3.63, 3.8) is 0 Å². The zero-order chi connectivity index (χ0) is 27.8. The topological polar surface area (TPSA) is 113 Å². The van der Waals surface area contributed by atoms with E-state index < -0.39 is 10.0 Å². The smallest absolute Gasteiger partial charge is 0.272 e. The molecule has 2 aromatic carbocycles. The molecule has 0 unspecified atom stereocenters. The highest BCUT2D eigenvalue weighted by molar-refractivity contribution is 7.92. The predicted octanol–water partition coefficient (Wildman–Crippen LogP) is 4.06.